The maximum Gasteiger partial charge on any atom is 0.192 e. The topological polar surface area (TPSA) is 82.3 Å². The summed E-state index contributed by atoms with van der Waals surface area (Å²) >= 11 is 6.36. The van der Waals surface area contributed by atoms with Crippen LogP contribution in [0.3, 0.4) is 0 Å². The second kappa shape index (κ2) is 8.83. The van der Waals surface area contributed by atoms with Crippen LogP contribution in [-0.4, -0.2) is 29.4 Å². The van der Waals surface area contributed by atoms with Crippen LogP contribution in [0.5, 0.6) is 11.5 Å². The first-order valence-corrected chi connectivity index (χ1v) is 11.1. The van der Waals surface area contributed by atoms with Crippen molar-refractivity contribution < 1.29 is 13.9 Å². The molecule has 5 aromatic rings. The van der Waals surface area contributed by atoms with Crippen molar-refractivity contribution in [2.45, 2.75) is 20.4 Å². The van der Waals surface area contributed by atoms with Crippen LogP contribution in [0.2, 0.25) is 5.02 Å². The molecule has 0 amide bonds. The molecule has 172 valence electrons. The highest BCUT2D eigenvalue weighted by Crippen LogP contribution is 2.35. The Morgan fingerprint density at radius 3 is 2.59 bits per heavy atom. The van der Waals surface area contributed by atoms with E-state index < -0.39 is 0 Å². The van der Waals surface area contributed by atoms with E-state index in [1.54, 1.807) is 20.3 Å². The number of fused-ring (bicyclic) bond motifs is 2. The van der Waals surface area contributed by atoms with E-state index in [0.717, 1.165) is 50.2 Å². The molecule has 2 heterocycles. The summed E-state index contributed by atoms with van der Waals surface area (Å²) in [5.41, 5.74) is 5.16. The molecule has 0 aliphatic carbocycles. The van der Waals surface area contributed by atoms with Gasteiger partial charge in [0.25, 0.3) is 0 Å². The van der Waals surface area contributed by atoms with Crippen LogP contribution < -0.4 is 14.8 Å². The molecule has 1 N–H and O–H groups in total. The molecule has 0 aliphatic rings. The number of nitrogens with one attached hydrogen (secondary N) is 1. The van der Waals surface area contributed by atoms with Crippen molar-refractivity contribution >= 4 is 39.3 Å². The lowest BCUT2D eigenvalue weighted by Crippen LogP contribution is -2.05. The summed E-state index contributed by atoms with van der Waals surface area (Å²) in [6.45, 7) is 4.30. The van der Waals surface area contributed by atoms with Gasteiger partial charge in [0.2, 0.25) is 0 Å². The number of benzene rings is 3. The zero-order valence-corrected chi connectivity index (χ0v) is 20.0. The van der Waals surface area contributed by atoms with E-state index >= 15 is 0 Å². The number of aromatic nitrogens is 3. The van der Waals surface area contributed by atoms with Gasteiger partial charge in [-0.05, 0) is 42.8 Å². The summed E-state index contributed by atoms with van der Waals surface area (Å²) in [6, 6.07) is 15.6. The lowest BCUT2D eigenvalue weighted by atomic mass is 10.00. The monoisotopic (exact) mass is 474 g/mol. The Kier molecular flexibility index (Phi) is 5.71. The molecular weight excluding hydrogens is 452 g/mol. The number of nitrogens with zero attached hydrogens (tertiary/aromatic N) is 3. The number of ether oxygens (including phenoxy) is 2. The molecule has 0 saturated heterocycles. The van der Waals surface area contributed by atoms with Crippen LogP contribution >= 0.6 is 11.6 Å². The molecule has 0 aliphatic heterocycles. The minimum atomic E-state index is 0.523. The summed E-state index contributed by atoms with van der Waals surface area (Å²) < 4.78 is 16.5. The molecule has 8 heteroatoms. The molecule has 0 radical (unpaired) electrons. The van der Waals surface area contributed by atoms with E-state index in [1.165, 1.54) is 0 Å². The third-order valence-corrected chi connectivity index (χ3v) is 6.00. The summed E-state index contributed by atoms with van der Waals surface area (Å²) in [5, 5.41) is 14.7. The minimum Gasteiger partial charge on any atom is -0.497 e. The number of anilines is 1. The zero-order chi connectivity index (χ0) is 23.8. The van der Waals surface area contributed by atoms with Crippen LogP contribution in [0.25, 0.3) is 33.0 Å². The van der Waals surface area contributed by atoms with Gasteiger partial charge in [-0.1, -0.05) is 17.7 Å². The summed E-state index contributed by atoms with van der Waals surface area (Å²) in [4.78, 5) is 4.56. The molecular formula is C26H23ClN4O3. The molecule has 0 unspecified atom stereocenters. The Morgan fingerprint density at radius 2 is 1.79 bits per heavy atom. The molecule has 7 nitrogen and oxygen atoms in total. The lowest BCUT2D eigenvalue weighted by molar-refractivity contribution is 0.391. The third-order valence-electron chi connectivity index (χ3n) is 5.78. The van der Waals surface area contributed by atoms with E-state index in [-0.39, 0.29) is 0 Å². The number of hydrogen-bond acceptors (Lipinski definition) is 7. The fourth-order valence-corrected chi connectivity index (χ4v) is 4.29. The van der Waals surface area contributed by atoms with Crippen LogP contribution in [0, 0.1) is 13.8 Å². The first kappa shape index (κ1) is 22.0. The normalized spacial score (nSPS) is 11.2. The quantitative estimate of drug-likeness (QED) is 0.307. The first-order chi connectivity index (χ1) is 16.5. The molecule has 0 fully saturated rings. The Hall–Kier alpha value is -3.84. The summed E-state index contributed by atoms with van der Waals surface area (Å²) in [5.74, 6) is 2.78. The number of rotatable bonds is 6. The number of aryl methyl sites for hydroxylation is 2. The maximum absolute atomic E-state index is 6.36. The van der Waals surface area contributed by atoms with Gasteiger partial charge in [-0.25, -0.2) is 4.98 Å². The standard InChI is InChI=1S/C26H23ClN4O3/c1-14-21-9-16(22-10-18(27)11-24-25(22)29-15(2)34-24)6-8-20(21)26(31-30-14)28-13-17-5-7-19(32-3)12-23(17)33-4/h5-12H,13H2,1-4H3,(H,28,31). The van der Waals surface area contributed by atoms with Gasteiger partial charge < -0.3 is 19.2 Å². The average molecular weight is 475 g/mol. The maximum atomic E-state index is 6.36. The summed E-state index contributed by atoms with van der Waals surface area (Å²) in [7, 11) is 3.28. The van der Waals surface area contributed by atoms with Crippen LogP contribution in [0.1, 0.15) is 17.1 Å². The van der Waals surface area contributed by atoms with Gasteiger partial charge in [-0.3, -0.25) is 0 Å². The minimum absolute atomic E-state index is 0.523. The summed E-state index contributed by atoms with van der Waals surface area (Å²) in [6.07, 6.45) is 0. The molecule has 2 aromatic heterocycles. The van der Waals surface area contributed by atoms with E-state index in [4.69, 9.17) is 25.5 Å². The van der Waals surface area contributed by atoms with Crippen molar-refractivity contribution in [3.05, 3.63) is 70.7 Å². The Morgan fingerprint density at radius 1 is 0.941 bits per heavy atom. The van der Waals surface area contributed by atoms with Gasteiger partial charge in [-0.2, -0.15) is 5.10 Å². The van der Waals surface area contributed by atoms with Crippen molar-refractivity contribution in [3.63, 3.8) is 0 Å². The second-order valence-electron chi connectivity index (χ2n) is 7.96. The van der Waals surface area contributed by atoms with Crippen molar-refractivity contribution in [1.29, 1.82) is 0 Å². The molecule has 5 rings (SSSR count). The Bertz CT molecular complexity index is 1530. The number of oxazole rings is 1. The zero-order valence-electron chi connectivity index (χ0n) is 19.3. The lowest BCUT2D eigenvalue weighted by Gasteiger charge is -2.14. The highest BCUT2D eigenvalue weighted by atomic mass is 35.5. The van der Waals surface area contributed by atoms with Crippen molar-refractivity contribution in [2.24, 2.45) is 0 Å². The smallest absolute Gasteiger partial charge is 0.192 e. The van der Waals surface area contributed by atoms with Gasteiger partial charge in [0.1, 0.15) is 17.0 Å². The van der Waals surface area contributed by atoms with E-state index in [0.29, 0.717) is 28.9 Å². The molecule has 0 bridgehead atoms. The molecule has 0 spiro atoms. The van der Waals surface area contributed by atoms with Gasteiger partial charge in [-0.15, -0.1) is 5.10 Å². The van der Waals surface area contributed by atoms with E-state index in [1.807, 2.05) is 50.2 Å². The van der Waals surface area contributed by atoms with Crippen LogP contribution in [0.15, 0.2) is 52.9 Å². The van der Waals surface area contributed by atoms with Gasteiger partial charge in [0, 0.05) is 52.5 Å². The third kappa shape index (κ3) is 3.99. The van der Waals surface area contributed by atoms with Gasteiger partial charge >= 0.3 is 0 Å². The predicted octanol–water partition coefficient (Wildman–Crippen LogP) is 6.34. The van der Waals surface area contributed by atoms with E-state index in [2.05, 4.69) is 26.6 Å². The molecule has 0 saturated carbocycles. The Labute approximate surface area is 201 Å². The SMILES string of the molecule is COc1ccc(CNc2nnc(C)c3cc(-c4cc(Cl)cc5oc(C)nc45)ccc23)c(OC)c1. The highest BCUT2D eigenvalue weighted by Gasteiger charge is 2.15. The van der Waals surface area contributed by atoms with Crippen molar-refractivity contribution in [1.82, 2.24) is 15.2 Å². The van der Waals surface area contributed by atoms with Gasteiger partial charge in [0.05, 0.1) is 19.9 Å². The molecule has 3 aromatic carbocycles. The first-order valence-electron chi connectivity index (χ1n) is 10.8. The number of halogens is 1. The largest absolute Gasteiger partial charge is 0.497 e. The Balaban J connectivity index is 1.53. The van der Waals surface area contributed by atoms with Crippen LogP contribution in [0.4, 0.5) is 5.82 Å². The average Bonchev–Trinajstić information content (AvgIpc) is 3.22. The fraction of sp³-hybridized carbons (Fsp3) is 0.192. The highest BCUT2D eigenvalue weighted by molar-refractivity contribution is 6.31. The number of methoxy groups -OCH3 is 2. The van der Waals surface area contributed by atoms with Gasteiger partial charge in [0.15, 0.2) is 17.3 Å². The fourth-order valence-electron chi connectivity index (χ4n) is 4.08. The van der Waals surface area contributed by atoms with E-state index in [9.17, 15) is 0 Å². The second-order valence-corrected chi connectivity index (χ2v) is 8.40. The van der Waals surface area contributed by atoms with Crippen molar-refractivity contribution in [2.75, 3.05) is 19.5 Å². The van der Waals surface area contributed by atoms with Crippen LogP contribution in [-0.2, 0) is 6.54 Å². The number of hydrogen-bond donors (Lipinski definition) is 1. The predicted molar refractivity (Wildman–Crippen MR) is 134 cm³/mol. The molecule has 34 heavy (non-hydrogen) atoms. The van der Waals surface area contributed by atoms with Crippen molar-refractivity contribution in [3.8, 4) is 22.6 Å². The molecule has 0 atom stereocenters.